The number of unbranched alkanes of at least 4 members (excludes halogenated alkanes) is 7. The molecular formula is C32H46FNO2. The van der Waals surface area contributed by atoms with Crippen LogP contribution in [0, 0.1) is 0 Å². The molecule has 0 amide bonds. The zero-order chi connectivity index (χ0) is 25.8. The first kappa shape index (κ1) is 28.5. The second-order valence-electron chi connectivity index (χ2n) is 10.8. The van der Waals surface area contributed by atoms with Gasteiger partial charge in [0.05, 0.1) is 5.69 Å². The van der Waals surface area contributed by atoms with E-state index >= 15 is 0 Å². The van der Waals surface area contributed by atoms with Gasteiger partial charge in [0.15, 0.2) is 12.0 Å². The van der Waals surface area contributed by atoms with E-state index in [0.29, 0.717) is 32.1 Å². The van der Waals surface area contributed by atoms with Crippen molar-refractivity contribution < 1.29 is 14.3 Å². The second-order valence-corrected chi connectivity index (χ2v) is 10.8. The zero-order valence-corrected chi connectivity index (χ0v) is 22.5. The van der Waals surface area contributed by atoms with Gasteiger partial charge in [-0.05, 0) is 68.1 Å². The Hall–Kier alpha value is -2.07. The van der Waals surface area contributed by atoms with E-state index in [0.717, 1.165) is 24.1 Å². The number of aryl methyl sites for hydroxylation is 1. The summed E-state index contributed by atoms with van der Waals surface area (Å²) in [5.74, 6) is -0.315. The molecule has 1 saturated carbocycles. The maximum atomic E-state index is 14.3. The molecule has 0 bridgehead atoms. The highest BCUT2D eigenvalue weighted by atomic mass is 19.1. The van der Waals surface area contributed by atoms with Crippen LogP contribution in [-0.4, -0.2) is 27.6 Å². The monoisotopic (exact) mass is 495 g/mol. The molecule has 3 nitrogen and oxygen atoms in total. The number of carbonyl (C=O) groups is 1. The van der Waals surface area contributed by atoms with Crippen molar-refractivity contribution in [2.24, 2.45) is 0 Å². The highest BCUT2D eigenvalue weighted by Gasteiger charge is 2.43. The van der Waals surface area contributed by atoms with E-state index < -0.39 is 17.6 Å². The average Bonchev–Trinajstić information content (AvgIpc) is 2.91. The van der Waals surface area contributed by atoms with Crippen LogP contribution in [0.3, 0.4) is 0 Å². The summed E-state index contributed by atoms with van der Waals surface area (Å²) in [4.78, 5) is 17.2. The maximum absolute atomic E-state index is 14.3. The van der Waals surface area contributed by atoms with Gasteiger partial charge in [-0.15, -0.1) is 0 Å². The van der Waals surface area contributed by atoms with Gasteiger partial charge in [0.2, 0.25) is 0 Å². The van der Waals surface area contributed by atoms with Crippen LogP contribution in [0.15, 0.2) is 42.6 Å². The lowest BCUT2D eigenvalue weighted by Gasteiger charge is -2.35. The van der Waals surface area contributed by atoms with E-state index in [1.54, 1.807) is 0 Å². The minimum absolute atomic E-state index is 0.219. The third-order valence-corrected chi connectivity index (χ3v) is 7.94. The Morgan fingerprint density at radius 2 is 1.58 bits per heavy atom. The number of ketones is 1. The molecule has 36 heavy (non-hydrogen) atoms. The molecule has 2 aromatic rings. The van der Waals surface area contributed by atoms with E-state index in [9.17, 15) is 14.3 Å². The summed E-state index contributed by atoms with van der Waals surface area (Å²) >= 11 is 0. The summed E-state index contributed by atoms with van der Waals surface area (Å²) in [5, 5.41) is 10.8. The van der Waals surface area contributed by atoms with Gasteiger partial charge in [-0.1, -0.05) is 95.5 Å². The van der Waals surface area contributed by atoms with Gasteiger partial charge in [0.25, 0.3) is 0 Å². The predicted octanol–water partition coefficient (Wildman–Crippen LogP) is 8.53. The molecule has 0 radical (unpaired) electrons. The number of pyridine rings is 1. The lowest BCUT2D eigenvalue weighted by atomic mass is 9.73. The number of Topliss-reactive ketones (excluding diaryl/α,β-unsaturated/α-hetero) is 1. The molecule has 3 rings (SSSR count). The molecular weight excluding hydrogens is 449 g/mol. The van der Waals surface area contributed by atoms with Crippen LogP contribution in [0.4, 0.5) is 4.39 Å². The number of hydrogen-bond donors (Lipinski definition) is 1. The topological polar surface area (TPSA) is 50.2 Å². The van der Waals surface area contributed by atoms with Gasteiger partial charge >= 0.3 is 0 Å². The summed E-state index contributed by atoms with van der Waals surface area (Å²) < 4.78 is 14.3. The predicted molar refractivity (Wildman–Crippen MR) is 147 cm³/mol. The third kappa shape index (κ3) is 8.23. The van der Waals surface area contributed by atoms with Crippen molar-refractivity contribution in [2.75, 3.05) is 0 Å². The Kier molecular flexibility index (Phi) is 11.6. The molecule has 0 aliphatic heterocycles. The Morgan fingerprint density at radius 1 is 0.944 bits per heavy atom. The van der Waals surface area contributed by atoms with Crippen LogP contribution in [0.25, 0.3) is 11.3 Å². The third-order valence-electron chi connectivity index (χ3n) is 7.94. The van der Waals surface area contributed by atoms with Gasteiger partial charge in [0, 0.05) is 11.8 Å². The van der Waals surface area contributed by atoms with E-state index in [2.05, 4.69) is 43.3 Å². The Morgan fingerprint density at radius 3 is 2.19 bits per heavy atom. The Bertz CT molecular complexity index is 901. The summed E-state index contributed by atoms with van der Waals surface area (Å²) in [6.07, 6.45) is 14.6. The van der Waals surface area contributed by atoms with Crippen molar-refractivity contribution in [1.82, 2.24) is 4.98 Å². The molecule has 0 saturated heterocycles. The van der Waals surface area contributed by atoms with Gasteiger partial charge in [0.1, 0.15) is 5.60 Å². The van der Waals surface area contributed by atoms with Crippen LogP contribution in [-0.2, 0) is 11.2 Å². The smallest absolute Gasteiger partial charge is 0.198 e. The van der Waals surface area contributed by atoms with Crippen LogP contribution >= 0.6 is 0 Å². The molecule has 4 heteroatoms. The lowest BCUT2D eigenvalue weighted by molar-refractivity contribution is -0.146. The van der Waals surface area contributed by atoms with Crippen molar-refractivity contribution in [3.05, 3.63) is 53.7 Å². The number of rotatable bonds is 15. The van der Waals surface area contributed by atoms with Gasteiger partial charge in [-0.25, -0.2) is 4.39 Å². The maximum Gasteiger partial charge on any atom is 0.198 e. The first-order valence-corrected chi connectivity index (χ1v) is 14.4. The molecule has 1 heterocycles. The molecule has 1 fully saturated rings. The van der Waals surface area contributed by atoms with E-state index in [-0.39, 0.29) is 12.3 Å². The number of alkyl halides is 1. The largest absolute Gasteiger partial charge is 0.382 e. The highest BCUT2D eigenvalue weighted by Crippen LogP contribution is 2.40. The fourth-order valence-corrected chi connectivity index (χ4v) is 5.44. The number of carbonyl (C=O) groups excluding carboxylic acids is 1. The van der Waals surface area contributed by atoms with E-state index in [4.69, 9.17) is 4.98 Å². The van der Waals surface area contributed by atoms with Crippen LogP contribution in [0.1, 0.15) is 121 Å². The zero-order valence-electron chi connectivity index (χ0n) is 22.5. The molecule has 0 spiro atoms. The van der Waals surface area contributed by atoms with Crippen molar-refractivity contribution in [3.63, 3.8) is 0 Å². The number of benzene rings is 1. The quantitative estimate of drug-likeness (QED) is 0.252. The Labute approximate surface area is 217 Å². The van der Waals surface area contributed by atoms with Crippen molar-refractivity contribution in [3.8, 4) is 11.3 Å². The first-order chi connectivity index (χ1) is 17.5. The van der Waals surface area contributed by atoms with Crippen molar-refractivity contribution >= 4 is 5.78 Å². The van der Waals surface area contributed by atoms with Gasteiger partial charge < -0.3 is 5.11 Å². The number of aromatic nitrogens is 1. The molecule has 1 N–H and O–H groups in total. The second kappa shape index (κ2) is 14.6. The van der Waals surface area contributed by atoms with Crippen molar-refractivity contribution in [2.45, 2.75) is 128 Å². The van der Waals surface area contributed by atoms with Crippen LogP contribution in [0.5, 0.6) is 0 Å². The van der Waals surface area contributed by atoms with Crippen LogP contribution < -0.4 is 0 Å². The summed E-state index contributed by atoms with van der Waals surface area (Å²) in [7, 11) is 0. The van der Waals surface area contributed by atoms with Gasteiger partial charge in [-0.2, -0.15) is 0 Å². The molecule has 0 unspecified atom stereocenters. The standard InChI is InChI=1S/C32H46FNO2/c1-3-5-7-8-9-10-11-12-25-14-19-30(34-24-25)28-17-15-26(16-18-28)27-20-22-32(36,23-21-27)31(35)29(33)13-6-4-2/h14-19,24,27,29,36H,3-13,20-23H2,1-2H3/t27-,29-,32-/m0/s1. The molecule has 1 aromatic heterocycles. The van der Waals surface area contributed by atoms with E-state index in [1.165, 1.54) is 56.1 Å². The molecule has 1 atom stereocenters. The number of nitrogens with zero attached hydrogens (tertiary/aromatic N) is 1. The highest BCUT2D eigenvalue weighted by molar-refractivity contribution is 5.91. The first-order valence-electron chi connectivity index (χ1n) is 14.4. The number of hydrogen-bond acceptors (Lipinski definition) is 3. The van der Waals surface area contributed by atoms with Crippen molar-refractivity contribution in [1.29, 1.82) is 0 Å². The minimum atomic E-state index is -1.54. The minimum Gasteiger partial charge on any atom is -0.382 e. The fraction of sp³-hybridized carbons (Fsp3) is 0.625. The SMILES string of the molecule is CCCCCCCCCc1ccc(-c2ccc([C@H]3CC[C@@](O)(C(=O)[C@@H](F)CCCC)CC3)cc2)nc1. The number of aliphatic hydroxyl groups is 1. The molecule has 198 valence electrons. The fourth-order valence-electron chi connectivity index (χ4n) is 5.44. The molecule has 1 aliphatic carbocycles. The summed E-state index contributed by atoms with van der Waals surface area (Å²) in [6, 6.07) is 12.8. The molecule has 1 aromatic carbocycles. The van der Waals surface area contributed by atoms with Crippen LogP contribution in [0.2, 0.25) is 0 Å². The summed E-state index contributed by atoms with van der Waals surface area (Å²) in [5.41, 5.74) is 3.10. The summed E-state index contributed by atoms with van der Waals surface area (Å²) in [6.45, 7) is 4.23. The normalized spacial score (nSPS) is 20.8. The number of halogens is 1. The van der Waals surface area contributed by atoms with E-state index in [1.807, 2.05) is 13.1 Å². The lowest BCUT2D eigenvalue weighted by Crippen LogP contribution is -2.46. The Balaban J connectivity index is 1.46. The average molecular weight is 496 g/mol. The molecule has 1 aliphatic rings. The van der Waals surface area contributed by atoms with Gasteiger partial charge in [-0.3, -0.25) is 9.78 Å².